The summed E-state index contributed by atoms with van der Waals surface area (Å²) in [6, 6.07) is 0.178. The highest BCUT2D eigenvalue weighted by molar-refractivity contribution is 5.68. The Balaban J connectivity index is 2.04. The van der Waals surface area contributed by atoms with Gasteiger partial charge < -0.3 is 14.7 Å². The molecule has 0 spiro atoms. The molecule has 1 saturated heterocycles. The van der Waals surface area contributed by atoms with Gasteiger partial charge >= 0.3 is 6.09 Å². The second kappa shape index (κ2) is 5.08. The van der Waals surface area contributed by atoms with Crippen LogP contribution in [0, 0.1) is 5.92 Å². The second-order valence-electron chi connectivity index (χ2n) is 6.61. The first-order valence-electron chi connectivity index (χ1n) is 7.04. The van der Waals surface area contributed by atoms with Crippen LogP contribution in [0.2, 0.25) is 0 Å². The van der Waals surface area contributed by atoms with E-state index in [2.05, 4.69) is 0 Å². The van der Waals surface area contributed by atoms with Gasteiger partial charge in [-0.05, 0) is 58.8 Å². The highest BCUT2D eigenvalue weighted by Gasteiger charge is 2.39. The van der Waals surface area contributed by atoms with Gasteiger partial charge in [0.15, 0.2) is 0 Å². The highest BCUT2D eigenvalue weighted by Crippen LogP contribution is 2.36. The molecule has 4 heteroatoms. The standard InChI is InChI=1S/C14H25NO3/c1-14(2,3)18-13(17)15-8-4-5-10-6-7-11(16)9-12(10)15/h10-12,16H,4-9H2,1-3H3/t10-,11+,12-/m1/s1. The molecule has 104 valence electrons. The van der Waals surface area contributed by atoms with Crippen LogP contribution in [-0.4, -0.2) is 40.4 Å². The lowest BCUT2D eigenvalue weighted by molar-refractivity contribution is -0.0256. The molecule has 0 bridgehead atoms. The topological polar surface area (TPSA) is 49.8 Å². The smallest absolute Gasteiger partial charge is 0.410 e. The van der Waals surface area contributed by atoms with E-state index in [0.717, 1.165) is 25.8 Å². The van der Waals surface area contributed by atoms with Gasteiger partial charge in [0.25, 0.3) is 0 Å². The minimum absolute atomic E-state index is 0.178. The van der Waals surface area contributed by atoms with Crippen molar-refractivity contribution < 1.29 is 14.6 Å². The van der Waals surface area contributed by atoms with Crippen LogP contribution in [0.15, 0.2) is 0 Å². The second-order valence-corrected chi connectivity index (χ2v) is 6.61. The van der Waals surface area contributed by atoms with Crippen molar-refractivity contribution in [2.24, 2.45) is 5.92 Å². The summed E-state index contributed by atoms with van der Waals surface area (Å²) >= 11 is 0. The van der Waals surface area contributed by atoms with Crippen LogP contribution in [0.3, 0.4) is 0 Å². The first kappa shape index (κ1) is 13.7. The predicted molar refractivity (Wildman–Crippen MR) is 69.3 cm³/mol. The van der Waals surface area contributed by atoms with E-state index in [9.17, 15) is 9.90 Å². The lowest BCUT2D eigenvalue weighted by atomic mass is 9.77. The van der Waals surface area contributed by atoms with E-state index < -0.39 is 5.60 Å². The van der Waals surface area contributed by atoms with Gasteiger partial charge in [0.05, 0.1) is 6.10 Å². The summed E-state index contributed by atoms with van der Waals surface area (Å²) in [7, 11) is 0. The number of carbonyl (C=O) groups excluding carboxylic acids is 1. The maximum Gasteiger partial charge on any atom is 0.410 e. The Bertz CT molecular complexity index is 311. The Hall–Kier alpha value is -0.770. The first-order chi connectivity index (χ1) is 8.37. The highest BCUT2D eigenvalue weighted by atomic mass is 16.6. The normalized spacial score (nSPS) is 32.9. The van der Waals surface area contributed by atoms with Gasteiger partial charge in [0.1, 0.15) is 5.60 Å². The molecule has 1 saturated carbocycles. The SMILES string of the molecule is CC(C)(C)OC(=O)N1CCC[C@@H]2CC[C@H](O)C[C@H]21. The van der Waals surface area contributed by atoms with Crippen LogP contribution in [0.25, 0.3) is 0 Å². The predicted octanol–water partition coefficient (Wildman–Crippen LogP) is 2.55. The summed E-state index contributed by atoms with van der Waals surface area (Å²) in [5, 5.41) is 9.80. The van der Waals surface area contributed by atoms with Crippen LogP contribution in [0.5, 0.6) is 0 Å². The van der Waals surface area contributed by atoms with Gasteiger partial charge in [-0.15, -0.1) is 0 Å². The van der Waals surface area contributed by atoms with Crippen molar-refractivity contribution in [3.8, 4) is 0 Å². The number of likely N-dealkylation sites (tertiary alicyclic amines) is 1. The number of aliphatic hydroxyl groups excluding tert-OH is 1. The molecule has 1 amide bonds. The molecular formula is C14H25NO3. The third-order valence-corrected chi connectivity index (χ3v) is 3.93. The zero-order valence-electron chi connectivity index (χ0n) is 11.7. The number of fused-ring (bicyclic) bond motifs is 1. The maximum atomic E-state index is 12.2. The Labute approximate surface area is 109 Å². The van der Waals surface area contributed by atoms with Crippen LogP contribution in [0.4, 0.5) is 4.79 Å². The fourth-order valence-electron chi connectivity index (χ4n) is 3.14. The molecule has 3 atom stereocenters. The van der Waals surface area contributed by atoms with E-state index in [0.29, 0.717) is 12.3 Å². The summed E-state index contributed by atoms with van der Waals surface area (Å²) in [6.07, 6.45) is 4.38. The molecule has 2 aliphatic rings. The molecule has 1 N–H and O–H groups in total. The molecule has 4 nitrogen and oxygen atoms in total. The zero-order valence-corrected chi connectivity index (χ0v) is 11.7. The van der Waals surface area contributed by atoms with Crippen molar-refractivity contribution in [3.05, 3.63) is 0 Å². The third-order valence-electron chi connectivity index (χ3n) is 3.93. The van der Waals surface area contributed by atoms with Crippen molar-refractivity contribution in [2.75, 3.05) is 6.54 Å². The average Bonchev–Trinajstić information content (AvgIpc) is 2.25. The van der Waals surface area contributed by atoms with Gasteiger partial charge in [-0.3, -0.25) is 0 Å². The fraction of sp³-hybridized carbons (Fsp3) is 0.929. The monoisotopic (exact) mass is 255 g/mol. The van der Waals surface area contributed by atoms with E-state index in [1.54, 1.807) is 0 Å². The number of hydrogen-bond donors (Lipinski definition) is 1. The van der Waals surface area contributed by atoms with Crippen molar-refractivity contribution >= 4 is 6.09 Å². The van der Waals surface area contributed by atoms with E-state index in [-0.39, 0.29) is 18.2 Å². The number of nitrogens with zero attached hydrogens (tertiary/aromatic N) is 1. The molecule has 1 aliphatic heterocycles. The molecule has 1 aliphatic carbocycles. The largest absolute Gasteiger partial charge is 0.444 e. The molecule has 0 aromatic heterocycles. The number of hydrogen-bond acceptors (Lipinski definition) is 3. The van der Waals surface area contributed by atoms with Crippen LogP contribution < -0.4 is 0 Å². The quantitative estimate of drug-likeness (QED) is 0.723. The minimum atomic E-state index is -0.447. The Kier molecular flexibility index (Phi) is 3.85. The van der Waals surface area contributed by atoms with Crippen molar-refractivity contribution in [3.63, 3.8) is 0 Å². The minimum Gasteiger partial charge on any atom is -0.444 e. The zero-order chi connectivity index (χ0) is 13.3. The summed E-state index contributed by atoms with van der Waals surface area (Å²) in [5.74, 6) is 0.551. The van der Waals surface area contributed by atoms with Gasteiger partial charge in [-0.1, -0.05) is 0 Å². The molecule has 0 aromatic rings. The lowest BCUT2D eigenvalue weighted by Gasteiger charge is -2.45. The van der Waals surface area contributed by atoms with E-state index in [4.69, 9.17) is 4.74 Å². The maximum absolute atomic E-state index is 12.2. The molecular weight excluding hydrogens is 230 g/mol. The molecule has 0 aromatic carbocycles. The molecule has 0 unspecified atom stereocenters. The van der Waals surface area contributed by atoms with Crippen LogP contribution in [-0.2, 0) is 4.74 Å². The Morgan fingerprint density at radius 1 is 1.28 bits per heavy atom. The fourth-order valence-corrected chi connectivity index (χ4v) is 3.14. The number of rotatable bonds is 0. The van der Waals surface area contributed by atoms with Gasteiger partial charge in [-0.2, -0.15) is 0 Å². The van der Waals surface area contributed by atoms with Gasteiger partial charge in [0, 0.05) is 12.6 Å². The Morgan fingerprint density at radius 2 is 2.00 bits per heavy atom. The van der Waals surface area contributed by atoms with E-state index in [1.165, 1.54) is 6.42 Å². The van der Waals surface area contributed by atoms with E-state index >= 15 is 0 Å². The van der Waals surface area contributed by atoms with Crippen molar-refractivity contribution in [2.45, 2.75) is 70.6 Å². The molecule has 18 heavy (non-hydrogen) atoms. The van der Waals surface area contributed by atoms with Crippen LogP contribution >= 0.6 is 0 Å². The molecule has 2 rings (SSSR count). The summed E-state index contributed by atoms with van der Waals surface area (Å²) in [4.78, 5) is 14.0. The number of piperidine rings is 1. The molecule has 2 fully saturated rings. The lowest BCUT2D eigenvalue weighted by Crippen LogP contribution is -2.53. The molecule has 0 radical (unpaired) electrons. The van der Waals surface area contributed by atoms with Gasteiger partial charge in [-0.25, -0.2) is 4.79 Å². The number of carbonyl (C=O) groups is 1. The number of amides is 1. The summed E-state index contributed by atoms with van der Waals surface area (Å²) in [5.41, 5.74) is -0.447. The van der Waals surface area contributed by atoms with Crippen LogP contribution in [0.1, 0.15) is 52.9 Å². The van der Waals surface area contributed by atoms with Crippen molar-refractivity contribution in [1.82, 2.24) is 4.90 Å². The summed E-state index contributed by atoms with van der Waals surface area (Å²) < 4.78 is 5.47. The van der Waals surface area contributed by atoms with Crippen molar-refractivity contribution in [1.29, 1.82) is 0 Å². The number of aliphatic hydroxyl groups is 1. The van der Waals surface area contributed by atoms with Gasteiger partial charge in [0.2, 0.25) is 0 Å². The molecule has 1 heterocycles. The number of ether oxygens (including phenoxy) is 1. The Morgan fingerprint density at radius 3 is 2.67 bits per heavy atom. The first-order valence-corrected chi connectivity index (χ1v) is 7.04. The third kappa shape index (κ3) is 3.16. The van der Waals surface area contributed by atoms with E-state index in [1.807, 2.05) is 25.7 Å². The summed E-state index contributed by atoms with van der Waals surface area (Å²) in [6.45, 7) is 6.44. The average molecular weight is 255 g/mol.